The van der Waals surface area contributed by atoms with Crippen LogP contribution in [0.25, 0.3) is 0 Å². The van der Waals surface area contributed by atoms with Crippen LogP contribution in [0.4, 0.5) is 0 Å². The Morgan fingerprint density at radius 3 is 2.71 bits per heavy atom. The number of rotatable bonds is 10. The molecule has 0 aliphatic heterocycles. The molecule has 21 heavy (non-hydrogen) atoms. The number of ether oxygens (including phenoxy) is 2. The van der Waals surface area contributed by atoms with Crippen LogP contribution in [0.5, 0.6) is 0 Å². The summed E-state index contributed by atoms with van der Waals surface area (Å²) in [5, 5.41) is 10.6. The predicted octanol–water partition coefficient (Wildman–Crippen LogP) is 0.719. The van der Waals surface area contributed by atoms with Crippen molar-refractivity contribution >= 4 is 29.9 Å². The monoisotopic (exact) mass is 411 g/mol. The fourth-order valence-electron chi connectivity index (χ4n) is 1.59. The lowest BCUT2D eigenvalue weighted by Gasteiger charge is -2.12. The van der Waals surface area contributed by atoms with Gasteiger partial charge >= 0.3 is 0 Å². The maximum absolute atomic E-state index is 5.36. The van der Waals surface area contributed by atoms with E-state index in [0.29, 0.717) is 19.8 Å². The SMILES string of the molecule is CN=C(NCCCn1cccn1)NCCOCCOC.I. The Bertz CT molecular complexity index is 359. The minimum absolute atomic E-state index is 0. The van der Waals surface area contributed by atoms with Crippen molar-refractivity contribution in [2.45, 2.75) is 13.0 Å². The van der Waals surface area contributed by atoms with Gasteiger partial charge in [0.05, 0.1) is 19.8 Å². The highest BCUT2D eigenvalue weighted by molar-refractivity contribution is 14.0. The number of halogens is 1. The molecule has 0 aliphatic carbocycles. The van der Waals surface area contributed by atoms with E-state index >= 15 is 0 Å². The highest BCUT2D eigenvalue weighted by atomic mass is 127. The van der Waals surface area contributed by atoms with Crippen LogP contribution in [0.15, 0.2) is 23.5 Å². The minimum atomic E-state index is 0. The molecule has 122 valence electrons. The zero-order chi connectivity index (χ0) is 14.5. The topological polar surface area (TPSA) is 72.7 Å². The summed E-state index contributed by atoms with van der Waals surface area (Å²) >= 11 is 0. The molecule has 0 fully saturated rings. The number of aromatic nitrogens is 2. The van der Waals surface area contributed by atoms with E-state index in [9.17, 15) is 0 Å². The zero-order valence-corrected chi connectivity index (χ0v) is 15.1. The summed E-state index contributed by atoms with van der Waals surface area (Å²) in [4.78, 5) is 4.15. The van der Waals surface area contributed by atoms with E-state index in [2.05, 4.69) is 20.7 Å². The normalized spacial score (nSPS) is 11.0. The number of nitrogens with one attached hydrogen (secondary N) is 2. The number of hydrogen-bond acceptors (Lipinski definition) is 4. The quantitative estimate of drug-likeness (QED) is 0.257. The van der Waals surface area contributed by atoms with Crippen molar-refractivity contribution in [1.29, 1.82) is 0 Å². The highest BCUT2D eigenvalue weighted by Crippen LogP contribution is 1.87. The smallest absolute Gasteiger partial charge is 0.191 e. The molecule has 1 aromatic rings. The molecule has 0 radical (unpaired) electrons. The molecule has 0 saturated heterocycles. The summed E-state index contributed by atoms with van der Waals surface area (Å²) in [6.07, 6.45) is 4.74. The number of hydrogen-bond donors (Lipinski definition) is 2. The Morgan fingerprint density at radius 1 is 1.24 bits per heavy atom. The molecule has 8 heteroatoms. The van der Waals surface area contributed by atoms with Gasteiger partial charge in [-0.15, -0.1) is 24.0 Å². The lowest BCUT2D eigenvalue weighted by atomic mass is 10.4. The number of nitrogens with zero attached hydrogens (tertiary/aromatic N) is 3. The van der Waals surface area contributed by atoms with Crippen LogP contribution < -0.4 is 10.6 Å². The van der Waals surface area contributed by atoms with Crippen LogP contribution in [0.2, 0.25) is 0 Å². The average Bonchev–Trinajstić information content (AvgIpc) is 2.98. The molecule has 0 aliphatic rings. The Balaban J connectivity index is 0.00000400. The molecule has 1 rings (SSSR count). The molecule has 1 heterocycles. The van der Waals surface area contributed by atoms with Crippen LogP contribution in [0.1, 0.15) is 6.42 Å². The maximum atomic E-state index is 5.36. The highest BCUT2D eigenvalue weighted by Gasteiger charge is 1.97. The number of methoxy groups -OCH3 is 1. The van der Waals surface area contributed by atoms with Crippen molar-refractivity contribution in [1.82, 2.24) is 20.4 Å². The van der Waals surface area contributed by atoms with Gasteiger partial charge in [0.15, 0.2) is 5.96 Å². The minimum Gasteiger partial charge on any atom is -0.382 e. The summed E-state index contributed by atoms with van der Waals surface area (Å²) < 4.78 is 12.2. The lowest BCUT2D eigenvalue weighted by Crippen LogP contribution is -2.39. The zero-order valence-electron chi connectivity index (χ0n) is 12.7. The van der Waals surface area contributed by atoms with E-state index in [1.165, 1.54) is 0 Å². The van der Waals surface area contributed by atoms with E-state index in [1.807, 2.05) is 16.9 Å². The third-order valence-corrected chi connectivity index (χ3v) is 2.61. The second-order valence-electron chi connectivity index (χ2n) is 4.15. The van der Waals surface area contributed by atoms with E-state index in [1.54, 1.807) is 20.4 Å². The molecular weight excluding hydrogens is 385 g/mol. The maximum Gasteiger partial charge on any atom is 0.191 e. The first kappa shape index (κ1) is 20.1. The Labute approximate surface area is 143 Å². The summed E-state index contributed by atoms with van der Waals surface area (Å²) in [6.45, 7) is 4.36. The number of guanidine groups is 1. The van der Waals surface area contributed by atoms with Crippen LogP contribution in [-0.4, -0.2) is 62.8 Å². The molecule has 0 saturated carbocycles. The molecule has 0 atom stereocenters. The molecule has 0 bridgehead atoms. The van der Waals surface area contributed by atoms with Gasteiger partial charge in [-0.1, -0.05) is 0 Å². The first-order valence-corrected chi connectivity index (χ1v) is 6.85. The van der Waals surface area contributed by atoms with Gasteiger partial charge in [0.1, 0.15) is 0 Å². The molecule has 0 aromatic carbocycles. The van der Waals surface area contributed by atoms with Gasteiger partial charge in [-0.25, -0.2) is 0 Å². The van der Waals surface area contributed by atoms with E-state index in [0.717, 1.165) is 32.0 Å². The van der Waals surface area contributed by atoms with Crippen LogP contribution in [-0.2, 0) is 16.0 Å². The number of aryl methyl sites for hydroxylation is 1. The van der Waals surface area contributed by atoms with Crippen molar-refractivity contribution < 1.29 is 9.47 Å². The summed E-state index contributed by atoms with van der Waals surface area (Å²) in [6, 6.07) is 1.93. The molecule has 1 aromatic heterocycles. The van der Waals surface area contributed by atoms with Gasteiger partial charge in [-0.3, -0.25) is 9.67 Å². The van der Waals surface area contributed by atoms with Gasteiger partial charge in [-0.2, -0.15) is 5.10 Å². The van der Waals surface area contributed by atoms with Crippen molar-refractivity contribution in [2.24, 2.45) is 4.99 Å². The predicted molar refractivity (Wildman–Crippen MR) is 94.3 cm³/mol. The Hall–Kier alpha value is -0.870. The van der Waals surface area contributed by atoms with Gasteiger partial charge in [0.25, 0.3) is 0 Å². The Kier molecular flexibility index (Phi) is 13.5. The van der Waals surface area contributed by atoms with Crippen LogP contribution >= 0.6 is 24.0 Å². The van der Waals surface area contributed by atoms with Gasteiger partial charge < -0.3 is 20.1 Å². The summed E-state index contributed by atoms with van der Waals surface area (Å²) in [5.41, 5.74) is 0. The molecule has 0 amide bonds. The average molecular weight is 411 g/mol. The fourth-order valence-corrected chi connectivity index (χ4v) is 1.59. The van der Waals surface area contributed by atoms with Crippen molar-refractivity contribution in [2.75, 3.05) is 47.1 Å². The van der Waals surface area contributed by atoms with Crippen LogP contribution in [0.3, 0.4) is 0 Å². The first-order chi connectivity index (χ1) is 9.86. The third kappa shape index (κ3) is 10.5. The first-order valence-electron chi connectivity index (χ1n) is 6.85. The Morgan fingerprint density at radius 2 is 2.05 bits per heavy atom. The van der Waals surface area contributed by atoms with Crippen molar-refractivity contribution in [3.63, 3.8) is 0 Å². The van der Waals surface area contributed by atoms with E-state index in [-0.39, 0.29) is 24.0 Å². The van der Waals surface area contributed by atoms with Gasteiger partial charge in [0.2, 0.25) is 0 Å². The van der Waals surface area contributed by atoms with Gasteiger partial charge in [-0.05, 0) is 12.5 Å². The second-order valence-corrected chi connectivity index (χ2v) is 4.15. The summed E-state index contributed by atoms with van der Waals surface area (Å²) in [5.74, 6) is 0.792. The second kappa shape index (κ2) is 14.1. The fraction of sp³-hybridized carbons (Fsp3) is 0.692. The largest absolute Gasteiger partial charge is 0.382 e. The van der Waals surface area contributed by atoms with Crippen LogP contribution in [0, 0.1) is 0 Å². The van der Waals surface area contributed by atoms with Crippen molar-refractivity contribution in [3.8, 4) is 0 Å². The standard InChI is InChI=1S/C13H25N5O2.HI/c1-14-13(16-7-10-20-12-11-19-2)15-5-3-8-18-9-4-6-17-18;/h4,6,9H,3,5,7-8,10-12H2,1-2H3,(H2,14,15,16);1H. The third-order valence-electron chi connectivity index (χ3n) is 2.61. The van der Waals surface area contributed by atoms with E-state index in [4.69, 9.17) is 9.47 Å². The molecule has 2 N–H and O–H groups in total. The van der Waals surface area contributed by atoms with Gasteiger partial charge in [0, 0.05) is 46.2 Å². The molecule has 0 spiro atoms. The molecule has 0 unspecified atom stereocenters. The lowest BCUT2D eigenvalue weighted by molar-refractivity contribution is 0.0733. The molecular formula is C13H26IN5O2. The molecule has 7 nitrogen and oxygen atoms in total. The van der Waals surface area contributed by atoms with Crippen molar-refractivity contribution in [3.05, 3.63) is 18.5 Å². The summed E-state index contributed by atoms with van der Waals surface area (Å²) in [7, 11) is 3.42. The number of aliphatic imine (C=N–C) groups is 1. The van der Waals surface area contributed by atoms with E-state index < -0.39 is 0 Å².